The molecule has 0 spiro atoms. The van der Waals surface area contributed by atoms with Gasteiger partial charge in [-0.05, 0) is 51.7 Å². The molecule has 1 saturated heterocycles. The summed E-state index contributed by atoms with van der Waals surface area (Å²) in [7, 11) is 0. The topological polar surface area (TPSA) is 78.6 Å². The molecule has 34 heavy (non-hydrogen) atoms. The van der Waals surface area contributed by atoms with Crippen molar-refractivity contribution < 1.29 is 17.6 Å². The third kappa shape index (κ3) is 3.83. The number of aryl methyl sites for hydroxylation is 2. The highest BCUT2D eigenvalue weighted by Gasteiger charge is 2.31. The molecule has 9 heteroatoms. The van der Waals surface area contributed by atoms with E-state index in [0.29, 0.717) is 23.0 Å². The zero-order valence-electron chi connectivity index (χ0n) is 21.7. The number of rotatable bonds is 4. The lowest BCUT2D eigenvalue weighted by Gasteiger charge is -2.28. The molecule has 0 amide bonds. The number of ether oxygens (including phenoxy) is 1. The molecule has 0 radical (unpaired) electrons. The lowest BCUT2D eigenvalue weighted by molar-refractivity contribution is 0.00396. The van der Waals surface area contributed by atoms with E-state index < -0.39 is 30.2 Å². The van der Waals surface area contributed by atoms with Crippen molar-refractivity contribution in [2.45, 2.75) is 57.6 Å². The average molecular weight is 466 g/mol. The second-order valence-electron chi connectivity index (χ2n) is 8.84. The molecule has 3 aromatic heterocycles. The molecule has 0 N–H and O–H groups in total. The predicted molar refractivity (Wildman–Crippen MR) is 121 cm³/mol. The van der Waals surface area contributed by atoms with Crippen LogP contribution in [0.2, 0.25) is 0 Å². The molecule has 7 nitrogen and oxygen atoms in total. The second-order valence-corrected chi connectivity index (χ2v) is 8.84. The summed E-state index contributed by atoms with van der Waals surface area (Å²) in [4.78, 5) is 18.3. The van der Waals surface area contributed by atoms with E-state index in [2.05, 4.69) is 25.0 Å². The molecule has 2 fully saturated rings. The zero-order valence-corrected chi connectivity index (χ0v) is 18.7. The Hall–Kier alpha value is -3.33. The number of benzene rings is 1. The number of hydrogen-bond donors (Lipinski definition) is 0. The molecule has 6 rings (SSSR count). The quantitative estimate of drug-likeness (QED) is 0.415. The normalized spacial score (nSPS) is 25.6. The second kappa shape index (κ2) is 8.16. The fourth-order valence-corrected chi connectivity index (χ4v) is 4.13. The van der Waals surface area contributed by atoms with E-state index in [1.807, 2.05) is 0 Å². The maximum atomic E-state index is 14.9. The van der Waals surface area contributed by atoms with Gasteiger partial charge in [-0.2, -0.15) is 5.10 Å². The highest BCUT2D eigenvalue weighted by atomic mass is 19.1. The molecular formula is C25H24F2N6O. The monoisotopic (exact) mass is 465 g/mol. The molecule has 1 saturated carbocycles. The molecule has 2 aliphatic rings. The van der Waals surface area contributed by atoms with Crippen molar-refractivity contribution in [3.8, 4) is 11.3 Å². The molecule has 4 heterocycles. The number of fused-ring (bicyclic) bond motifs is 1. The van der Waals surface area contributed by atoms with Crippen molar-refractivity contribution in [3.05, 3.63) is 65.0 Å². The van der Waals surface area contributed by atoms with Crippen LogP contribution in [0.4, 0.5) is 8.78 Å². The minimum Gasteiger partial charge on any atom is -0.373 e. The number of hydrogen-bond acceptors (Lipinski definition) is 6. The first-order valence-corrected chi connectivity index (χ1v) is 11.2. The summed E-state index contributed by atoms with van der Waals surface area (Å²) in [5, 5.41) is 4.35. The Balaban J connectivity index is 1.48. The fraction of sp³-hybridized carbons (Fsp3) is 0.400. The molecule has 0 bridgehead atoms. The molecule has 0 unspecified atom stereocenters. The van der Waals surface area contributed by atoms with Gasteiger partial charge in [-0.1, -0.05) is 0 Å². The summed E-state index contributed by atoms with van der Waals surface area (Å²) >= 11 is 0. The van der Waals surface area contributed by atoms with Gasteiger partial charge in [0.2, 0.25) is 0 Å². The van der Waals surface area contributed by atoms with Crippen LogP contribution in [0.15, 0.2) is 30.6 Å². The first-order valence-electron chi connectivity index (χ1n) is 12.7. The Kier molecular flexibility index (Phi) is 4.33. The van der Waals surface area contributed by atoms with E-state index in [-0.39, 0.29) is 41.1 Å². The van der Waals surface area contributed by atoms with Crippen LogP contribution in [-0.2, 0) is 4.74 Å². The maximum Gasteiger partial charge on any atom is 0.182 e. The lowest BCUT2D eigenvalue weighted by Crippen LogP contribution is -2.20. The van der Waals surface area contributed by atoms with Crippen molar-refractivity contribution in [1.82, 2.24) is 29.7 Å². The van der Waals surface area contributed by atoms with Crippen LogP contribution in [0.25, 0.3) is 22.4 Å². The Morgan fingerprint density at radius 1 is 1.09 bits per heavy atom. The van der Waals surface area contributed by atoms with E-state index in [1.165, 1.54) is 6.07 Å². The van der Waals surface area contributed by atoms with Crippen LogP contribution >= 0.6 is 0 Å². The van der Waals surface area contributed by atoms with Gasteiger partial charge < -0.3 is 4.74 Å². The standard InChI is InChI=1S/C25H24F2N6O/c1-13-14(2)30-25-23(29-13)22(19-6-3-17(26)10-20(19)27)31-24(32-25)15-7-8-34-21(9-15)16-11-28-33(12-16)18-4-5-18/h3,6,10-12,15,18,21H,4-5,7-9H2,1-2H3/t15-,21-/m1/s1/i8D2,21D. The first kappa shape index (κ1) is 18.1. The van der Waals surface area contributed by atoms with Crippen LogP contribution in [0.1, 0.15) is 70.6 Å². The van der Waals surface area contributed by atoms with Gasteiger partial charge in [0.15, 0.2) is 5.65 Å². The number of halogens is 2. The van der Waals surface area contributed by atoms with Crippen molar-refractivity contribution in [2.24, 2.45) is 0 Å². The van der Waals surface area contributed by atoms with Gasteiger partial charge in [0.05, 0.1) is 33.8 Å². The number of aromatic nitrogens is 6. The Labute approximate surface area is 199 Å². The van der Waals surface area contributed by atoms with E-state index in [0.717, 1.165) is 25.0 Å². The average Bonchev–Trinajstić information content (AvgIpc) is 3.54. The molecule has 174 valence electrons. The van der Waals surface area contributed by atoms with Crippen molar-refractivity contribution >= 4 is 11.2 Å². The molecular weight excluding hydrogens is 438 g/mol. The van der Waals surface area contributed by atoms with Crippen molar-refractivity contribution in [2.75, 3.05) is 6.56 Å². The number of nitrogens with zero attached hydrogens (tertiary/aromatic N) is 6. The highest BCUT2D eigenvalue weighted by Crippen LogP contribution is 2.40. The Bertz CT molecular complexity index is 1540. The summed E-state index contributed by atoms with van der Waals surface area (Å²) < 4.78 is 61.9. The van der Waals surface area contributed by atoms with Crippen LogP contribution < -0.4 is 0 Å². The van der Waals surface area contributed by atoms with E-state index in [1.54, 1.807) is 30.9 Å². The van der Waals surface area contributed by atoms with Crippen LogP contribution in [-0.4, -0.2) is 36.3 Å². The van der Waals surface area contributed by atoms with Gasteiger partial charge in [-0.25, -0.2) is 28.7 Å². The minimum absolute atomic E-state index is 0.0329. The van der Waals surface area contributed by atoms with Gasteiger partial charge in [0, 0.05) is 35.9 Å². The van der Waals surface area contributed by atoms with Crippen molar-refractivity contribution in [1.29, 1.82) is 0 Å². The molecule has 1 aromatic carbocycles. The SMILES string of the molecule is [2H]C1([2H])C[C@@H](c2nc(-c3ccc(F)cc3F)c3nc(C)c(C)nc3n2)C[C@]([2H])(c2cnn(C3CC3)c2)O1. The maximum absolute atomic E-state index is 14.9. The Morgan fingerprint density at radius 2 is 1.91 bits per heavy atom. The van der Waals surface area contributed by atoms with Gasteiger partial charge in [-0.15, -0.1) is 0 Å². The van der Waals surface area contributed by atoms with Gasteiger partial charge >= 0.3 is 0 Å². The summed E-state index contributed by atoms with van der Waals surface area (Å²) in [6, 6.07) is 3.50. The summed E-state index contributed by atoms with van der Waals surface area (Å²) in [5.74, 6) is -1.99. The van der Waals surface area contributed by atoms with Gasteiger partial charge in [0.1, 0.15) is 28.7 Å². The molecule has 2 atom stereocenters. The highest BCUT2D eigenvalue weighted by molar-refractivity contribution is 5.87. The van der Waals surface area contributed by atoms with Gasteiger partial charge in [0.25, 0.3) is 0 Å². The minimum atomic E-state index is -2.15. The predicted octanol–water partition coefficient (Wildman–Crippen LogP) is 5.15. The summed E-state index contributed by atoms with van der Waals surface area (Å²) in [6.07, 6.45) is 3.53. The Morgan fingerprint density at radius 3 is 2.71 bits per heavy atom. The zero-order chi connectivity index (χ0) is 26.1. The van der Waals surface area contributed by atoms with E-state index in [4.69, 9.17) is 8.85 Å². The smallest absolute Gasteiger partial charge is 0.182 e. The van der Waals surface area contributed by atoms with Crippen LogP contribution in [0.3, 0.4) is 0 Å². The molecule has 4 aromatic rings. The third-order valence-corrected chi connectivity index (χ3v) is 6.31. The van der Waals surface area contributed by atoms with Gasteiger partial charge in [-0.3, -0.25) is 4.68 Å². The van der Waals surface area contributed by atoms with E-state index >= 15 is 0 Å². The summed E-state index contributed by atoms with van der Waals surface area (Å²) in [6.45, 7) is 1.39. The van der Waals surface area contributed by atoms with E-state index in [9.17, 15) is 8.78 Å². The third-order valence-electron chi connectivity index (χ3n) is 6.31. The molecule has 1 aliphatic heterocycles. The largest absolute Gasteiger partial charge is 0.373 e. The fourth-order valence-electron chi connectivity index (χ4n) is 4.13. The summed E-state index contributed by atoms with van der Waals surface area (Å²) in [5.41, 5.74) is 2.35. The van der Waals surface area contributed by atoms with Crippen LogP contribution in [0.5, 0.6) is 0 Å². The molecule has 1 aliphatic carbocycles. The first-order chi connectivity index (χ1) is 17.5. The lowest BCUT2D eigenvalue weighted by atomic mass is 9.92. The van der Waals surface area contributed by atoms with Crippen molar-refractivity contribution in [3.63, 3.8) is 0 Å². The van der Waals surface area contributed by atoms with Crippen LogP contribution in [0, 0.1) is 25.5 Å².